The molecule has 8 heteroatoms. The molecule has 1 amide bonds. The van der Waals surface area contributed by atoms with E-state index in [-0.39, 0.29) is 12.8 Å². The summed E-state index contributed by atoms with van der Waals surface area (Å²) in [4.78, 5) is 12.7. The van der Waals surface area contributed by atoms with Crippen molar-refractivity contribution in [2.45, 2.75) is 24.1 Å². The van der Waals surface area contributed by atoms with Crippen molar-refractivity contribution in [2.24, 2.45) is 0 Å². The van der Waals surface area contributed by atoms with Gasteiger partial charge >= 0.3 is 0 Å². The number of sulfone groups is 1. The first-order valence-corrected chi connectivity index (χ1v) is 10.1. The number of benzene rings is 1. The van der Waals surface area contributed by atoms with Gasteiger partial charge in [0, 0.05) is 24.3 Å². The average molecular weight is 362 g/mol. The highest BCUT2D eigenvalue weighted by molar-refractivity contribution is 7.92. The Morgan fingerprint density at radius 2 is 1.96 bits per heavy atom. The Morgan fingerprint density at radius 1 is 1.28 bits per heavy atom. The maximum Gasteiger partial charge on any atom is 0.245 e. The van der Waals surface area contributed by atoms with Crippen LogP contribution >= 0.6 is 0 Å². The Balaban J connectivity index is 1.73. The number of nitrogens with zero attached hydrogens (tertiary/aromatic N) is 2. The molecule has 2 N–H and O–H groups in total. The number of hydrogen-bond acceptors (Lipinski definition) is 5. The van der Waals surface area contributed by atoms with Crippen molar-refractivity contribution in [3.8, 4) is 0 Å². The predicted molar refractivity (Wildman–Crippen MR) is 96.1 cm³/mol. The van der Waals surface area contributed by atoms with Gasteiger partial charge in [-0.2, -0.15) is 5.10 Å². The number of nitrogens with one attached hydrogen (secondary N) is 2. The van der Waals surface area contributed by atoms with Crippen LogP contribution in [0.15, 0.2) is 42.7 Å². The van der Waals surface area contributed by atoms with E-state index in [2.05, 4.69) is 15.7 Å². The molecule has 0 aliphatic carbocycles. The van der Waals surface area contributed by atoms with Crippen molar-refractivity contribution in [3.05, 3.63) is 48.3 Å². The fraction of sp³-hybridized carbons (Fsp3) is 0.412. The first-order chi connectivity index (χ1) is 11.9. The Morgan fingerprint density at radius 3 is 2.52 bits per heavy atom. The van der Waals surface area contributed by atoms with Crippen molar-refractivity contribution in [1.82, 2.24) is 15.1 Å². The molecule has 7 nitrogen and oxygen atoms in total. The summed E-state index contributed by atoms with van der Waals surface area (Å²) in [5.41, 5.74) is 1.64. The lowest BCUT2D eigenvalue weighted by Gasteiger charge is -2.34. The molecule has 1 aliphatic heterocycles. The molecule has 1 fully saturated rings. The number of carbonyl (C=O) groups excluding carboxylic acids is 1. The third-order valence-electron chi connectivity index (χ3n) is 4.65. The zero-order chi connectivity index (χ0) is 17.9. The van der Waals surface area contributed by atoms with Crippen LogP contribution in [-0.4, -0.2) is 48.2 Å². The molecular weight excluding hydrogens is 340 g/mol. The van der Waals surface area contributed by atoms with Crippen molar-refractivity contribution in [1.29, 1.82) is 0 Å². The summed E-state index contributed by atoms with van der Waals surface area (Å²) in [7, 11) is -3.51. The van der Waals surface area contributed by atoms with Crippen LogP contribution in [0.25, 0.3) is 0 Å². The number of carbonyl (C=O) groups is 1. The summed E-state index contributed by atoms with van der Waals surface area (Å²) >= 11 is 0. The number of piperidine rings is 1. The second-order valence-corrected chi connectivity index (χ2v) is 8.70. The summed E-state index contributed by atoms with van der Waals surface area (Å²) in [6.45, 7) is 1.67. The third kappa shape index (κ3) is 3.74. The van der Waals surface area contributed by atoms with Crippen LogP contribution in [0.1, 0.15) is 18.4 Å². The van der Waals surface area contributed by atoms with Gasteiger partial charge in [-0.15, -0.1) is 0 Å². The SMILES string of the molecule is CS(=O)(=O)C1(C(=O)Nc2ccc(Cn3cccn3)cc2)CCNCC1. The number of rotatable bonds is 5. The minimum atomic E-state index is -3.51. The number of anilines is 1. The van der Waals surface area contributed by atoms with Crippen molar-refractivity contribution >= 4 is 21.4 Å². The fourth-order valence-electron chi connectivity index (χ4n) is 3.12. The van der Waals surface area contributed by atoms with Gasteiger partial charge in [-0.1, -0.05) is 12.1 Å². The van der Waals surface area contributed by atoms with E-state index in [1.807, 2.05) is 24.4 Å². The van der Waals surface area contributed by atoms with E-state index in [0.29, 0.717) is 25.3 Å². The van der Waals surface area contributed by atoms with E-state index >= 15 is 0 Å². The van der Waals surface area contributed by atoms with Gasteiger partial charge < -0.3 is 10.6 Å². The Kier molecular flexibility index (Phi) is 4.91. The molecule has 2 aromatic rings. The predicted octanol–water partition coefficient (Wildman–Crippen LogP) is 1.04. The van der Waals surface area contributed by atoms with Crippen LogP contribution in [0, 0.1) is 0 Å². The molecule has 1 saturated heterocycles. The Hall–Kier alpha value is -2.19. The summed E-state index contributed by atoms with van der Waals surface area (Å²) in [6, 6.07) is 9.22. The summed E-state index contributed by atoms with van der Waals surface area (Å²) in [6.07, 6.45) is 5.32. The van der Waals surface area contributed by atoms with Crippen molar-refractivity contribution in [3.63, 3.8) is 0 Å². The molecule has 1 aromatic carbocycles. The summed E-state index contributed by atoms with van der Waals surface area (Å²) in [5, 5.41) is 10.0. The normalized spacial score (nSPS) is 17.2. The largest absolute Gasteiger partial charge is 0.325 e. The van der Waals surface area contributed by atoms with Gasteiger partial charge in [0.1, 0.15) is 0 Å². The number of amides is 1. The van der Waals surface area contributed by atoms with Crippen molar-refractivity contribution < 1.29 is 13.2 Å². The second kappa shape index (κ2) is 6.97. The van der Waals surface area contributed by atoms with E-state index in [1.54, 1.807) is 23.0 Å². The van der Waals surface area contributed by atoms with Gasteiger partial charge in [0.25, 0.3) is 0 Å². The van der Waals surface area contributed by atoms with Crippen LogP contribution in [0.2, 0.25) is 0 Å². The Bertz CT molecular complexity index is 823. The van der Waals surface area contributed by atoms with Gasteiger partial charge in [0.05, 0.1) is 6.54 Å². The molecule has 0 radical (unpaired) electrons. The van der Waals surface area contributed by atoms with Gasteiger partial charge in [0.2, 0.25) is 5.91 Å². The molecule has 25 heavy (non-hydrogen) atoms. The molecule has 3 rings (SSSR count). The second-order valence-electron chi connectivity index (χ2n) is 6.37. The summed E-state index contributed by atoms with van der Waals surface area (Å²) in [5.74, 6) is -0.448. The van der Waals surface area contributed by atoms with Gasteiger partial charge in [-0.05, 0) is 49.7 Å². The number of aromatic nitrogens is 2. The molecule has 0 bridgehead atoms. The van der Waals surface area contributed by atoms with E-state index in [9.17, 15) is 13.2 Å². The molecule has 0 saturated carbocycles. The highest BCUT2D eigenvalue weighted by atomic mass is 32.2. The Labute approximate surface area is 147 Å². The minimum Gasteiger partial charge on any atom is -0.325 e. The van der Waals surface area contributed by atoms with E-state index in [4.69, 9.17) is 0 Å². The molecule has 134 valence electrons. The average Bonchev–Trinajstić information content (AvgIpc) is 3.09. The topological polar surface area (TPSA) is 93.1 Å². The third-order valence-corrected chi connectivity index (χ3v) is 6.66. The van der Waals surface area contributed by atoms with Crippen LogP contribution in [-0.2, 0) is 21.2 Å². The molecular formula is C17H22N4O3S. The van der Waals surface area contributed by atoms with E-state index in [1.165, 1.54) is 0 Å². The van der Waals surface area contributed by atoms with Gasteiger partial charge in [0.15, 0.2) is 14.6 Å². The monoisotopic (exact) mass is 362 g/mol. The smallest absolute Gasteiger partial charge is 0.245 e. The molecule has 1 aromatic heterocycles. The van der Waals surface area contributed by atoms with Crippen LogP contribution < -0.4 is 10.6 Å². The molecule has 2 heterocycles. The fourth-order valence-corrected chi connectivity index (χ4v) is 4.45. The van der Waals surface area contributed by atoms with Crippen LogP contribution in [0.4, 0.5) is 5.69 Å². The van der Waals surface area contributed by atoms with Crippen LogP contribution in [0.5, 0.6) is 0 Å². The van der Waals surface area contributed by atoms with Gasteiger partial charge in [-0.25, -0.2) is 8.42 Å². The highest BCUT2D eigenvalue weighted by Gasteiger charge is 2.48. The quantitative estimate of drug-likeness (QED) is 0.829. The molecule has 1 aliphatic rings. The number of hydrogen-bond donors (Lipinski definition) is 2. The first-order valence-electron chi connectivity index (χ1n) is 8.19. The summed E-state index contributed by atoms with van der Waals surface area (Å²) < 4.78 is 25.0. The highest BCUT2D eigenvalue weighted by Crippen LogP contribution is 2.29. The maximum atomic E-state index is 12.7. The molecule has 0 spiro atoms. The molecule has 0 atom stereocenters. The zero-order valence-corrected chi connectivity index (χ0v) is 14.9. The molecule has 0 unspecified atom stereocenters. The lowest BCUT2D eigenvalue weighted by molar-refractivity contribution is -0.119. The van der Waals surface area contributed by atoms with Crippen LogP contribution in [0.3, 0.4) is 0 Å². The van der Waals surface area contributed by atoms with Crippen molar-refractivity contribution in [2.75, 3.05) is 24.7 Å². The lowest BCUT2D eigenvalue weighted by atomic mass is 9.95. The minimum absolute atomic E-state index is 0.287. The van der Waals surface area contributed by atoms with E-state index in [0.717, 1.165) is 11.8 Å². The van der Waals surface area contributed by atoms with Gasteiger partial charge in [-0.3, -0.25) is 9.48 Å². The lowest BCUT2D eigenvalue weighted by Crippen LogP contribution is -2.55. The zero-order valence-electron chi connectivity index (χ0n) is 14.1. The first kappa shape index (κ1) is 17.6. The standard InChI is InChI=1S/C17H22N4O3S/c1-25(23,24)17(7-10-18-11-8-17)16(22)20-15-5-3-14(4-6-15)13-21-12-2-9-19-21/h2-6,9,12,18H,7-8,10-11,13H2,1H3,(H,20,22). The maximum absolute atomic E-state index is 12.7. The van der Waals surface area contributed by atoms with E-state index < -0.39 is 20.5 Å².